The summed E-state index contributed by atoms with van der Waals surface area (Å²) in [6.45, 7) is -0.0883. The molecule has 0 aliphatic heterocycles. The predicted molar refractivity (Wildman–Crippen MR) is 75.3 cm³/mol. The fourth-order valence-corrected chi connectivity index (χ4v) is 1.87. The number of aromatic nitrogens is 1. The molecule has 1 heterocycles. The number of rotatable bonds is 6. The van der Waals surface area contributed by atoms with E-state index in [1.165, 1.54) is 24.3 Å². The first-order chi connectivity index (χ1) is 10.1. The van der Waals surface area contributed by atoms with Crippen LogP contribution in [0.3, 0.4) is 0 Å². The lowest BCUT2D eigenvalue weighted by molar-refractivity contribution is -0.123. The fraction of sp³-hybridized carbons (Fsp3) is 0.267. The Morgan fingerprint density at radius 1 is 1.38 bits per heavy atom. The monoisotopic (exact) mass is 292 g/mol. The molecule has 0 fully saturated rings. The second-order valence-electron chi connectivity index (χ2n) is 4.61. The summed E-state index contributed by atoms with van der Waals surface area (Å²) in [4.78, 5) is 11.6. The third-order valence-electron chi connectivity index (χ3n) is 3.00. The number of hydrogen-bond donors (Lipinski definition) is 2. The highest BCUT2D eigenvalue weighted by molar-refractivity contribution is 5.77. The maximum Gasteiger partial charge on any atom is 0.258 e. The highest BCUT2D eigenvalue weighted by Gasteiger charge is 2.12. The van der Waals surface area contributed by atoms with Gasteiger partial charge in [-0.2, -0.15) is 0 Å². The third kappa shape index (κ3) is 4.32. The summed E-state index contributed by atoms with van der Waals surface area (Å²) < 4.78 is 19.7. The maximum absolute atomic E-state index is 12.7. The van der Waals surface area contributed by atoms with Crippen molar-refractivity contribution in [2.75, 3.05) is 13.2 Å². The molecule has 1 aromatic heterocycles. The molecule has 0 aliphatic carbocycles. The van der Waals surface area contributed by atoms with Crippen molar-refractivity contribution in [2.24, 2.45) is 7.05 Å². The van der Waals surface area contributed by atoms with Crippen molar-refractivity contribution in [3.63, 3.8) is 0 Å². The van der Waals surface area contributed by atoms with E-state index in [4.69, 9.17) is 4.74 Å². The predicted octanol–water partition coefficient (Wildman–Crippen LogP) is 1.39. The number of ether oxygens (including phenoxy) is 1. The number of carbonyl (C=O) groups is 1. The summed E-state index contributed by atoms with van der Waals surface area (Å²) in [7, 11) is 1.82. The highest BCUT2D eigenvalue weighted by Crippen LogP contribution is 2.12. The molecule has 112 valence electrons. The van der Waals surface area contributed by atoms with Crippen LogP contribution in [0.15, 0.2) is 42.6 Å². The van der Waals surface area contributed by atoms with Crippen LogP contribution in [-0.4, -0.2) is 28.7 Å². The van der Waals surface area contributed by atoms with Gasteiger partial charge in [-0.15, -0.1) is 0 Å². The van der Waals surface area contributed by atoms with E-state index in [0.29, 0.717) is 5.75 Å². The average Bonchev–Trinajstić information content (AvgIpc) is 2.90. The molecular formula is C15H17FN2O3. The number of benzene rings is 1. The Hall–Kier alpha value is -2.34. The highest BCUT2D eigenvalue weighted by atomic mass is 19.1. The molecule has 2 rings (SSSR count). The van der Waals surface area contributed by atoms with Crippen LogP contribution in [0.25, 0.3) is 0 Å². The second kappa shape index (κ2) is 6.90. The van der Waals surface area contributed by atoms with Gasteiger partial charge in [-0.25, -0.2) is 4.39 Å². The molecule has 0 saturated heterocycles. The van der Waals surface area contributed by atoms with Crippen molar-refractivity contribution in [3.8, 4) is 5.75 Å². The van der Waals surface area contributed by atoms with Crippen molar-refractivity contribution >= 4 is 5.91 Å². The van der Waals surface area contributed by atoms with E-state index in [9.17, 15) is 14.3 Å². The Kier molecular flexibility index (Phi) is 4.94. The van der Waals surface area contributed by atoms with E-state index in [2.05, 4.69) is 5.32 Å². The van der Waals surface area contributed by atoms with Crippen LogP contribution in [0.2, 0.25) is 0 Å². The Bertz CT molecular complexity index is 595. The third-order valence-corrected chi connectivity index (χ3v) is 3.00. The van der Waals surface area contributed by atoms with Crippen LogP contribution < -0.4 is 10.1 Å². The topological polar surface area (TPSA) is 63.5 Å². The lowest BCUT2D eigenvalue weighted by Gasteiger charge is -2.13. The number of nitrogens with zero attached hydrogens (tertiary/aromatic N) is 1. The molecule has 6 heteroatoms. The molecule has 2 N–H and O–H groups in total. The SMILES string of the molecule is Cn1cccc1C(O)CNC(=O)COc1ccc(F)cc1. The zero-order valence-electron chi connectivity index (χ0n) is 11.6. The number of aliphatic hydroxyl groups is 1. The molecule has 0 aliphatic rings. The van der Waals surface area contributed by atoms with Gasteiger partial charge in [-0.05, 0) is 36.4 Å². The number of aryl methyl sites for hydroxylation is 1. The van der Waals surface area contributed by atoms with Gasteiger partial charge in [-0.1, -0.05) is 0 Å². The molecule has 1 aromatic carbocycles. The lowest BCUT2D eigenvalue weighted by atomic mass is 10.2. The largest absolute Gasteiger partial charge is 0.484 e. The molecule has 21 heavy (non-hydrogen) atoms. The van der Waals surface area contributed by atoms with E-state index in [1.54, 1.807) is 10.6 Å². The first-order valence-corrected chi connectivity index (χ1v) is 6.50. The lowest BCUT2D eigenvalue weighted by Crippen LogP contribution is -2.32. The van der Waals surface area contributed by atoms with Gasteiger partial charge in [0.25, 0.3) is 5.91 Å². The van der Waals surface area contributed by atoms with Crippen molar-refractivity contribution in [3.05, 3.63) is 54.1 Å². The zero-order chi connectivity index (χ0) is 15.2. The molecular weight excluding hydrogens is 275 g/mol. The number of amides is 1. The first-order valence-electron chi connectivity index (χ1n) is 6.50. The number of halogens is 1. The van der Waals surface area contributed by atoms with Crippen LogP contribution in [-0.2, 0) is 11.8 Å². The van der Waals surface area contributed by atoms with E-state index < -0.39 is 6.10 Å². The standard InChI is InChI=1S/C15H17FN2O3/c1-18-8-2-3-13(18)14(19)9-17-15(20)10-21-12-6-4-11(16)5-7-12/h2-8,14,19H,9-10H2,1H3,(H,17,20). The second-order valence-corrected chi connectivity index (χ2v) is 4.61. The smallest absolute Gasteiger partial charge is 0.258 e. The molecule has 0 saturated carbocycles. The molecule has 1 atom stereocenters. The molecule has 0 bridgehead atoms. The average molecular weight is 292 g/mol. The normalized spacial score (nSPS) is 12.0. The van der Waals surface area contributed by atoms with Gasteiger partial charge in [0.05, 0.1) is 0 Å². The van der Waals surface area contributed by atoms with Crippen molar-refractivity contribution in [2.45, 2.75) is 6.10 Å². The van der Waals surface area contributed by atoms with Gasteiger partial charge in [0.1, 0.15) is 17.7 Å². The summed E-state index contributed by atoms with van der Waals surface area (Å²) in [5, 5.41) is 12.5. The van der Waals surface area contributed by atoms with Crippen LogP contribution >= 0.6 is 0 Å². The van der Waals surface area contributed by atoms with E-state index in [-0.39, 0.29) is 24.9 Å². The Labute approximate surface area is 122 Å². The van der Waals surface area contributed by atoms with Crippen molar-refractivity contribution < 1.29 is 19.0 Å². The number of aliphatic hydroxyl groups excluding tert-OH is 1. The van der Waals surface area contributed by atoms with Crippen LogP contribution in [0.4, 0.5) is 4.39 Å². The van der Waals surface area contributed by atoms with Gasteiger partial charge in [0.15, 0.2) is 6.61 Å². The Morgan fingerprint density at radius 3 is 2.71 bits per heavy atom. The minimum Gasteiger partial charge on any atom is -0.484 e. The molecule has 1 amide bonds. The van der Waals surface area contributed by atoms with Crippen LogP contribution in [0.1, 0.15) is 11.8 Å². The minimum absolute atomic E-state index is 0.101. The minimum atomic E-state index is -0.778. The fourth-order valence-electron chi connectivity index (χ4n) is 1.87. The first kappa shape index (κ1) is 15.1. The summed E-state index contributed by atoms with van der Waals surface area (Å²) in [5.41, 5.74) is 0.717. The van der Waals surface area contributed by atoms with Crippen LogP contribution in [0.5, 0.6) is 5.75 Å². The van der Waals surface area contributed by atoms with Crippen molar-refractivity contribution in [1.82, 2.24) is 9.88 Å². The van der Waals surface area contributed by atoms with Gasteiger partial charge < -0.3 is 19.7 Å². The summed E-state index contributed by atoms with van der Waals surface area (Å²) >= 11 is 0. The number of nitrogens with one attached hydrogen (secondary N) is 1. The summed E-state index contributed by atoms with van der Waals surface area (Å²) in [6.07, 6.45) is 1.04. The van der Waals surface area contributed by atoms with E-state index >= 15 is 0 Å². The zero-order valence-corrected chi connectivity index (χ0v) is 11.6. The Morgan fingerprint density at radius 2 is 2.10 bits per heavy atom. The summed E-state index contributed by atoms with van der Waals surface area (Å²) in [6, 6.07) is 9.01. The number of carbonyl (C=O) groups excluding carboxylic acids is 1. The van der Waals surface area contributed by atoms with Gasteiger partial charge in [0, 0.05) is 25.5 Å². The Balaban J connectivity index is 1.75. The molecule has 2 aromatic rings. The molecule has 0 spiro atoms. The quantitative estimate of drug-likeness (QED) is 0.846. The summed E-state index contributed by atoms with van der Waals surface area (Å²) in [5.74, 6) is -0.306. The maximum atomic E-state index is 12.7. The molecule has 1 unspecified atom stereocenters. The molecule has 5 nitrogen and oxygen atoms in total. The van der Waals surface area contributed by atoms with Crippen LogP contribution in [0, 0.1) is 5.82 Å². The van der Waals surface area contributed by atoms with E-state index in [0.717, 1.165) is 5.69 Å². The number of hydrogen-bond acceptors (Lipinski definition) is 3. The van der Waals surface area contributed by atoms with E-state index in [1.807, 2.05) is 19.3 Å². The van der Waals surface area contributed by atoms with Gasteiger partial charge in [0.2, 0.25) is 0 Å². The molecule has 0 radical (unpaired) electrons. The van der Waals surface area contributed by atoms with Gasteiger partial charge >= 0.3 is 0 Å². The van der Waals surface area contributed by atoms with Crippen molar-refractivity contribution in [1.29, 1.82) is 0 Å². The van der Waals surface area contributed by atoms with Gasteiger partial charge in [-0.3, -0.25) is 4.79 Å².